The second-order valence-electron chi connectivity index (χ2n) is 8.35. The summed E-state index contributed by atoms with van der Waals surface area (Å²) in [4.78, 5) is 6.43. The molecule has 2 N–H and O–H groups in total. The van der Waals surface area contributed by atoms with Crippen LogP contribution in [0.4, 0.5) is 0 Å². The first kappa shape index (κ1) is 28.1. The van der Waals surface area contributed by atoms with E-state index in [0.717, 1.165) is 44.2 Å². The van der Waals surface area contributed by atoms with Crippen LogP contribution < -0.4 is 57.9 Å². The predicted molar refractivity (Wildman–Crippen MR) is 136 cm³/mol. The summed E-state index contributed by atoms with van der Waals surface area (Å²) in [5.74, 6) is 0.134. The van der Waals surface area contributed by atoms with Crippen molar-refractivity contribution >= 4 is 21.7 Å². The third-order valence-electron chi connectivity index (χ3n) is 6.00. The van der Waals surface area contributed by atoms with Crippen molar-refractivity contribution < 1.29 is 57.9 Å². The molecule has 0 unspecified atom stereocenters. The third kappa shape index (κ3) is 6.08. The summed E-state index contributed by atoms with van der Waals surface area (Å²) in [6.45, 7) is 1.86. The van der Waals surface area contributed by atoms with Gasteiger partial charge in [-0.15, -0.1) is 0 Å². The van der Waals surface area contributed by atoms with Crippen LogP contribution in [0.1, 0.15) is 5.56 Å². The number of rotatable bonds is 2. The summed E-state index contributed by atoms with van der Waals surface area (Å²) in [5, 5.41) is 27.3. The van der Waals surface area contributed by atoms with Crippen molar-refractivity contribution in [2.24, 2.45) is 0 Å². The van der Waals surface area contributed by atoms with E-state index >= 15 is 0 Å². The molecule has 0 amide bonds. The summed E-state index contributed by atoms with van der Waals surface area (Å²) in [6, 6.07) is 34.7. The molecule has 0 saturated heterocycles. The number of aryl methyl sites for hydroxylation is 1. The molecule has 0 fully saturated rings. The summed E-state index contributed by atoms with van der Waals surface area (Å²) in [7, 11) is 0. The fourth-order valence-corrected chi connectivity index (χ4v) is 4.25. The van der Waals surface area contributed by atoms with E-state index in [1.165, 1.54) is 0 Å². The maximum Gasteiger partial charge on any atom is 1.00 e. The molecule has 2 aromatic heterocycles. The Morgan fingerprint density at radius 3 is 2.05 bits per heavy atom. The van der Waals surface area contributed by atoms with Crippen molar-refractivity contribution in [3.63, 3.8) is 0 Å². The fraction of sp³-hybridized carbons (Fsp3) is 0.0323. The van der Waals surface area contributed by atoms with Crippen molar-refractivity contribution in [2.45, 2.75) is 6.92 Å². The molecule has 6 rings (SSSR count). The Hall–Kier alpha value is -3.51. The third-order valence-corrected chi connectivity index (χ3v) is 6.00. The van der Waals surface area contributed by atoms with Crippen molar-refractivity contribution in [3.05, 3.63) is 121 Å². The Morgan fingerprint density at radius 2 is 1.30 bits per heavy atom. The number of aromatic amines is 2. The molecule has 0 radical (unpaired) electrons. The van der Waals surface area contributed by atoms with Crippen LogP contribution in [-0.2, 0) is 0 Å². The molecule has 6 aromatic rings. The van der Waals surface area contributed by atoms with E-state index in [1.54, 1.807) is 12.1 Å². The molecule has 0 atom stereocenters. The van der Waals surface area contributed by atoms with E-state index < -0.39 is 0 Å². The van der Waals surface area contributed by atoms with Gasteiger partial charge in [-0.05, 0) is 42.0 Å². The molecular formula is C31H24Li2N2O2+2. The van der Waals surface area contributed by atoms with Gasteiger partial charge in [0.15, 0.2) is 6.20 Å². The van der Waals surface area contributed by atoms with Gasteiger partial charge in [0.2, 0.25) is 16.9 Å². The van der Waals surface area contributed by atoms with Gasteiger partial charge >= 0.3 is 37.7 Å². The Balaban J connectivity index is 0.000000195. The minimum atomic E-state index is 0. The molecule has 6 heteroatoms. The summed E-state index contributed by atoms with van der Waals surface area (Å²) >= 11 is 0. The van der Waals surface area contributed by atoms with Crippen LogP contribution in [0.5, 0.6) is 11.5 Å². The quantitative estimate of drug-likeness (QED) is 0.308. The number of hydrogen-bond acceptors (Lipinski definition) is 2. The topological polar surface area (TPSA) is 74.4 Å². The van der Waals surface area contributed by atoms with Crippen molar-refractivity contribution in [2.75, 3.05) is 0 Å². The largest absolute Gasteiger partial charge is 1.00 e. The second kappa shape index (κ2) is 12.6. The number of aromatic nitrogens is 2. The molecule has 4 aromatic carbocycles. The van der Waals surface area contributed by atoms with E-state index in [9.17, 15) is 10.2 Å². The van der Waals surface area contributed by atoms with Crippen LogP contribution in [0.25, 0.3) is 44.2 Å². The SMILES string of the molecule is Cc1cc2ccccc2c(-c2cccc[nH+]2)c1[O-].[Li+].[Li+].[O-]c1ccccc1-c1ccc2ccccc2[nH+]1. The minimum Gasteiger partial charge on any atom is -0.872 e. The van der Waals surface area contributed by atoms with E-state index in [2.05, 4.69) is 9.97 Å². The molecule has 0 spiro atoms. The summed E-state index contributed by atoms with van der Waals surface area (Å²) in [6.07, 6.45) is 1.84. The minimum absolute atomic E-state index is 0. The Morgan fingerprint density at radius 1 is 0.622 bits per heavy atom. The molecule has 4 nitrogen and oxygen atoms in total. The van der Waals surface area contributed by atoms with Crippen molar-refractivity contribution in [3.8, 4) is 34.0 Å². The number of hydrogen-bond donors (Lipinski definition) is 0. The smallest absolute Gasteiger partial charge is 0.872 e. The van der Waals surface area contributed by atoms with Gasteiger partial charge in [-0.3, -0.25) is 0 Å². The van der Waals surface area contributed by atoms with Crippen LogP contribution >= 0.6 is 0 Å². The number of benzene rings is 4. The Kier molecular flexibility index (Phi) is 9.59. The first-order chi connectivity index (χ1) is 17.1. The van der Waals surface area contributed by atoms with Gasteiger partial charge in [0.1, 0.15) is 0 Å². The molecule has 37 heavy (non-hydrogen) atoms. The van der Waals surface area contributed by atoms with Crippen LogP contribution in [0.15, 0.2) is 115 Å². The average molecular weight is 470 g/mol. The molecule has 0 aliphatic heterocycles. The van der Waals surface area contributed by atoms with Gasteiger partial charge in [-0.2, -0.15) is 0 Å². The fourth-order valence-electron chi connectivity index (χ4n) is 4.25. The van der Waals surface area contributed by atoms with E-state index in [1.807, 2.05) is 110 Å². The molecule has 0 aliphatic rings. The zero-order valence-electron chi connectivity index (χ0n) is 21.3. The summed E-state index contributed by atoms with van der Waals surface area (Å²) < 4.78 is 0. The molecule has 0 bridgehead atoms. The standard InChI is InChI=1S/C16H13NO.C15H11NO.2Li/c1-11-10-12-6-2-3-7-13(12)15(16(11)18)14-8-4-5-9-17-14;17-15-8-4-2-6-12(15)14-10-9-11-5-1-3-7-13(11)16-14;;/h2-10,18H,1H3;1-10,17H;;/q;;2*+1. The normalized spacial score (nSPS) is 10.1. The number of pyridine rings is 2. The van der Waals surface area contributed by atoms with Crippen molar-refractivity contribution in [1.29, 1.82) is 0 Å². The Bertz CT molecular complexity index is 1640. The van der Waals surface area contributed by atoms with Crippen LogP contribution in [-0.4, -0.2) is 0 Å². The maximum atomic E-state index is 12.4. The molecule has 2 heterocycles. The van der Waals surface area contributed by atoms with Crippen LogP contribution in [0, 0.1) is 6.92 Å². The average Bonchev–Trinajstić information content (AvgIpc) is 2.90. The van der Waals surface area contributed by atoms with Crippen LogP contribution in [0.3, 0.4) is 0 Å². The monoisotopic (exact) mass is 470 g/mol. The predicted octanol–water partition coefficient (Wildman–Crippen LogP) is -0.895. The summed E-state index contributed by atoms with van der Waals surface area (Å²) in [5.41, 5.74) is 5.00. The zero-order chi connectivity index (χ0) is 24.2. The van der Waals surface area contributed by atoms with Gasteiger partial charge in [0.25, 0.3) is 0 Å². The van der Waals surface area contributed by atoms with Gasteiger partial charge in [-0.1, -0.05) is 77.7 Å². The molecule has 170 valence electrons. The molecule has 0 aliphatic carbocycles. The first-order valence-corrected chi connectivity index (χ1v) is 11.5. The number of H-pyrrole nitrogens is 2. The molecular weight excluding hydrogens is 446 g/mol. The van der Waals surface area contributed by atoms with Crippen LogP contribution in [0.2, 0.25) is 0 Å². The van der Waals surface area contributed by atoms with Gasteiger partial charge < -0.3 is 10.2 Å². The van der Waals surface area contributed by atoms with Gasteiger partial charge in [0.05, 0.1) is 0 Å². The first-order valence-electron chi connectivity index (χ1n) is 11.5. The van der Waals surface area contributed by atoms with Crippen molar-refractivity contribution in [1.82, 2.24) is 0 Å². The zero-order valence-corrected chi connectivity index (χ0v) is 21.3. The van der Waals surface area contributed by atoms with Gasteiger partial charge in [0, 0.05) is 40.8 Å². The Labute approximate surface area is 240 Å². The van der Waals surface area contributed by atoms with Gasteiger partial charge in [-0.25, -0.2) is 9.97 Å². The number of para-hydroxylation sites is 2. The number of nitrogens with one attached hydrogen (secondary N) is 2. The molecule has 0 saturated carbocycles. The second-order valence-corrected chi connectivity index (χ2v) is 8.35. The number of fused-ring (bicyclic) bond motifs is 2. The van der Waals surface area contributed by atoms with E-state index in [4.69, 9.17) is 0 Å². The van der Waals surface area contributed by atoms with E-state index in [-0.39, 0.29) is 49.2 Å². The van der Waals surface area contributed by atoms with E-state index in [0.29, 0.717) is 5.56 Å². The maximum absolute atomic E-state index is 12.4.